The van der Waals surface area contributed by atoms with Crippen molar-refractivity contribution >= 4 is 17.8 Å². The van der Waals surface area contributed by atoms with E-state index < -0.39 is 6.04 Å². The predicted octanol–water partition coefficient (Wildman–Crippen LogP) is 2.24. The van der Waals surface area contributed by atoms with E-state index in [-0.39, 0.29) is 17.2 Å². The van der Waals surface area contributed by atoms with Gasteiger partial charge in [0.25, 0.3) is 5.91 Å². The van der Waals surface area contributed by atoms with Crippen molar-refractivity contribution in [2.24, 2.45) is 0 Å². The van der Waals surface area contributed by atoms with E-state index in [2.05, 4.69) is 41.0 Å². The maximum absolute atomic E-state index is 12.8. The maximum Gasteiger partial charge on any atom is 0.251 e. The molecule has 1 aliphatic heterocycles. The van der Waals surface area contributed by atoms with Crippen molar-refractivity contribution < 1.29 is 9.59 Å². The summed E-state index contributed by atoms with van der Waals surface area (Å²) in [6, 6.07) is 8.75. The van der Waals surface area contributed by atoms with E-state index in [0.717, 1.165) is 0 Å². The number of hydrogen-bond acceptors (Lipinski definition) is 5. The molecule has 154 valence electrons. The van der Waals surface area contributed by atoms with Crippen molar-refractivity contribution in [2.75, 3.05) is 31.1 Å². The Labute approximate surface area is 172 Å². The first kappa shape index (κ1) is 20.8. The van der Waals surface area contributed by atoms with Crippen LogP contribution in [0.2, 0.25) is 0 Å². The van der Waals surface area contributed by atoms with Crippen LogP contribution in [0.1, 0.15) is 43.6 Å². The van der Waals surface area contributed by atoms with Crippen LogP contribution in [-0.4, -0.2) is 58.9 Å². The normalized spacial score (nSPS) is 15.7. The first-order chi connectivity index (χ1) is 13.8. The van der Waals surface area contributed by atoms with Gasteiger partial charge in [-0.3, -0.25) is 9.59 Å². The highest BCUT2D eigenvalue weighted by atomic mass is 16.2. The minimum Gasteiger partial charge on any atom is -0.341 e. The Balaban J connectivity index is 1.53. The van der Waals surface area contributed by atoms with E-state index in [4.69, 9.17) is 0 Å². The Morgan fingerprint density at radius 2 is 1.59 bits per heavy atom. The van der Waals surface area contributed by atoms with E-state index in [9.17, 15) is 9.59 Å². The van der Waals surface area contributed by atoms with E-state index in [1.165, 1.54) is 5.56 Å². The second-order valence-electron chi connectivity index (χ2n) is 8.38. The number of hydrogen-bond donors (Lipinski definition) is 1. The fraction of sp³-hybridized carbons (Fsp3) is 0.455. The summed E-state index contributed by atoms with van der Waals surface area (Å²) in [6.45, 7) is 10.6. The molecule has 2 amide bonds. The van der Waals surface area contributed by atoms with Gasteiger partial charge in [0.2, 0.25) is 11.9 Å². The highest BCUT2D eigenvalue weighted by molar-refractivity contribution is 5.97. The van der Waals surface area contributed by atoms with Crippen LogP contribution in [0.4, 0.5) is 5.95 Å². The topological polar surface area (TPSA) is 78.4 Å². The third-order valence-electron chi connectivity index (χ3n) is 5.16. The lowest BCUT2D eigenvalue weighted by Crippen LogP contribution is -2.54. The molecule has 7 heteroatoms. The smallest absolute Gasteiger partial charge is 0.251 e. The summed E-state index contributed by atoms with van der Waals surface area (Å²) in [7, 11) is 0. The van der Waals surface area contributed by atoms with Crippen LogP contribution in [0.5, 0.6) is 0 Å². The summed E-state index contributed by atoms with van der Waals surface area (Å²) in [4.78, 5) is 37.6. The number of amides is 2. The molecule has 1 atom stereocenters. The second kappa shape index (κ2) is 8.59. The van der Waals surface area contributed by atoms with Gasteiger partial charge in [0, 0.05) is 44.1 Å². The standard InChI is InChI=1S/C22H29N5O2/c1-16(25-19(28)17-6-8-18(9-7-17)22(2,3)4)20(29)26-12-14-27(15-13-26)21-23-10-5-11-24-21/h5-11,16H,12-15H2,1-4H3,(H,25,28)/t16-/m0/s1. The molecular weight excluding hydrogens is 366 g/mol. The molecule has 0 spiro atoms. The average Bonchev–Trinajstić information content (AvgIpc) is 2.73. The second-order valence-corrected chi connectivity index (χ2v) is 8.38. The van der Waals surface area contributed by atoms with Gasteiger partial charge in [-0.1, -0.05) is 32.9 Å². The summed E-state index contributed by atoms with van der Waals surface area (Å²) in [5.74, 6) is 0.376. The molecule has 0 unspecified atom stereocenters. The van der Waals surface area contributed by atoms with Gasteiger partial charge in [0.05, 0.1) is 0 Å². The summed E-state index contributed by atoms with van der Waals surface area (Å²) in [6.07, 6.45) is 3.43. The van der Waals surface area contributed by atoms with Gasteiger partial charge in [0.1, 0.15) is 6.04 Å². The molecule has 2 aromatic rings. The van der Waals surface area contributed by atoms with Crippen molar-refractivity contribution in [3.63, 3.8) is 0 Å². The zero-order valence-corrected chi connectivity index (χ0v) is 17.6. The molecule has 1 N–H and O–H groups in total. The molecule has 29 heavy (non-hydrogen) atoms. The van der Waals surface area contributed by atoms with Crippen LogP contribution in [0.25, 0.3) is 0 Å². The fourth-order valence-corrected chi connectivity index (χ4v) is 3.32. The summed E-state index contributed by atoms with van der Waals surface area (Å²) >= 11 is 0. The number of aromatic nitrogens is 2. The highest BCUT2D eigenvalue weighted by Gasteiger charge is 2.27. The molecule has 0 bridgehead atoms. The van der Waals surface area contributed by atoms with Crippen molar-refractivity contribution in [3.05, 3.63) is 53.9 Å². The lowest BCUT2D eigenvalue weighted by atomic mass is 9.86. The van der Waals surface area contributed by atoms with Crippen LogP contribution in [-0.2, 0) is 10.2 Å². The number of anilines is 1. The molecule has 0 saturated carbocycles. The van der Waals surface area contributed by atoms with Crippen molar-refractivity contribution in [2.45, 2.75) is 39.2 Å². The number of carbonyl (C=O) groups excluding carboxylic acids is 2. The van der Waals surface area contributed by atoms with Crippen LogP contribution in [0.3, 0.4) is 0 Å². The van der Waals surface area contributed by atoms with Crippen LogP contribution >= 0.6 is 0 Å². The number of benzene rings is 1. The number of piperazine rings is 1. The SMILES string of the molecule is C[C@H](NC(=O)c1ccc(C(C)(C)C)cc1)C(=O)N1CCN(c2ncccn2)CC1. The zero-order chi connectivity index (χ0) is 21.0. The number of nitrogens with one attached hydrogen (secondary N) is 1. The molecule has 3 rings (SSSR count). The van der Waals surface area contributed by atoms with Gasteiger partial charge in [-0.15, -0.1) is 0 Å². The molecule has 1 saturated heterocycles. The molecule has 1 aromatic heterocycles. The Kier molecular flexibility index (Phi) is 6.15. The fourth-order valence-electron chi connectivity index (χ4n) is 3.32. The Bertz CT molecular complexity index is 838. The van der Waals surface area contributed by atoms with Gasteiger partial charge in [-0.2, -0.15) is 0 Å². The lowest BCUT2D eigenvalue weighted by Gasteiger charge is -2.35. The van der Waals surface area contributed by atoms with Crippen LogP contribution < -0.4 is 10.2 Å². The van der Waals surface area contributed by atoms with Crippen LogP contribution in [0.15, 0.2) is 42.7 Å². The van der Waals surface area contributed by atoms with Gasteiger partial charge in [-0.25, -0.2) is 9.97 Å². The van der Waals surface area contributed by atoms with Crippen LogP contribution in [0, 0.1) is 0 Å². The molecule has 1 fully saturated rings. The van der Waals surface area contributed by atoms with Gasteiger partial charge >= 0.3 is 0 Å². The molecule has 0 aliphatic carbocycles. The van der Waals surface area contributed by atoms with E-state index >= 15 is 0 Å². The zero-order valence-electron chi connectivity index (χ0n) is 17.6. The van der Waals surface area contributed by atoms with Gasteiger partial charge in [0.15, 0.2) is 0 Å². The molecule has 2 heterocycles. The van der Waals surface area contributed by atoms with E-state index in [1.54, 1.807) is 30.3 Å². The lowest BCUT2D eigenvalue weighted by molar-refractivity contribution is -0.133. The summed E-state index contributed by atoms with van der Waals surface area (Å²) < 4.78 is 0. The van der Waals surface area contributed by atoms with Crippen molar-refractivity contribution in [1.29, 1.82) is 0 Å². The summed E-state index contributed by atoms with van der Waals surface area (Å²) in [5.41, 5.74) is 1.76. The third kappa shape index (κ3) is 5.10. The van der Waals surface area contributed by atoms with Crippen molar-refractivity contribution in [1.82, 2.24) is 20.2 Å². The number of rotatable bonds is 4. The molecule has 1 aromatic carbocycles. The highest BCUT2D eigenvalue weighted by Crippen LogP contribution is 2.22. The Morgan fingerprint density at radius 1 is 1.00 bits per heavy atom. The maximum atomic E-state index is 12.8. The minimum absolute atomic E-state index is 0.0329. The number of nitrogens with zero attached hydrogens (tertiary/aromatic N) is 4. The first-order valence-electron chi connectivity index (χ1n) is 9.98. The van der Waals surface area contributed by atoms with Crippen molar-refractivity contribution in [3.8, 4) is 0 Å². The third-order valence-corrected chi connectivity index (χ3v) is 5.16. The quantitative estimate of drug-likeness (QED) is 0.859. The average molecular weight is 396 g/mol. The number of carbonyl (C=O) groups is 2. The van der Waals surface area contributed by atoms with E-state index in [0.29, 0.717) is 37.7 Å². The van der Waals surface area contributed by atoms with Gasteiger partial charge < -0.3 is 15.1 Å². The molecule has 1 aliphatic rings. The first-order valence-corrected chi connectivity index (χ1v) is 9.98. The predicted molar refractivity (Wildman–Crippen MR) is 113 cm³/mol. The Hall–Kier alpha value is -2.96. The molecule has 0 radical (unpaired) electrons. The summed E-state index contributed by atoms with van der Waals surface area (Å²) in [5, 5.41) is 2.83. The molecule has 7 nitrogen and oxygen atoms in total. The minimum atomic E-state index is -0.579. The molecular formula is C22H29N5O2. The largest absolute Gasteiger partial charge is 0.341 e. The monoisotopic (exact) mass is 395 g/mol. The Morgan fingerprint density at radius 3 is 2.14 bits per heavy atom. The van der Waals surface area contributed by atoms with Gasteiger partial charge in [-0.05, 0) is 36.1 Å². The van der Waals surface area contributed by atoms with E-state index in [1.807, 2.05) is 24.3 Å².